The molecular formula is C18H20N2O5S. The van der Waals surface area contributed by atoms with Gasteiger partial charge in [-0.1, -0.05) is 18.2 Å². The standard InChI is InChI=1S/C18H20N2O5S/c1-12-17(26(22,23)20-8-4-5-9-20)10-16(25-12)18(21)19-14-11-24-15-7-3-2-6-13(14)15/h2-3,6-7,10,14H,4-5,8-9,11H2,1H3,(H,19,21)/t14-/m0/s1. The van der Waals surface area contributed by atoms with Crippen molar-refractivity contribution >= 4 is 15.9 Å². The van der Waals surface area contributed by atoms with Crippen LogP contribution in [0.3, 0.4) is 0 Å². The first-order valence-corrected chi connectivity index (χ1v) is 10.0. The number of carbonyl (C=O) groups excluding carboxylic acids is 1. The van der Waals surface area contributed by atoms with E-state index in [0.717, 1.165) is 24.2 Å². The van der Waals surface area contributed by atoms with Crippen LogP contribution in [0.15, 0.2) is 39.6 Å². The predicted molar refractivity (Wildman–Crippen MR) is 93.6 cm³/mol. The predicted octanol–water partition coefficient (Wildman–Crippen LogP) is 2.24. The third-order valence-electron chi connectivity index (χ3n) is 4.78. The van der Waals surface area contributed by atoms with Crippen LogP contribution >= 0.6 is 0 Å². The molecule has 1 saturated heterocycles. The molecule has 1 aromatic heterocycles. The third kappa shape index (κ3) is 2.89. The number of nitrogens with zero attached hydrogens (tertiary/aromatic N) is 1. The molecule has 4 rings (SSSR count). The zero-order valence-electron chi connectivity index (χ0n) is 14.4. The second-order valence-electron chi connectivity index (χ2n) is 6.52. The summed E-state index contributed by atoms with van der Waals surface area (Å²) < 4.78 is 37.9. The normalized spacial score (nSPS) is 20.0. The number of hydrogen-bond donors (Lipinski definition) is 1. The molecule has 8 heteroatoms. The van der Waals surface area contributed by atoms with Crippen LogP contribution in [0, 0.1) is 6.92 Å². The number of aryl methyl sites for hydroxylation is 1. The monoisotopic (exact) mass is 376 g/mol. The molecule has 0 unspecified atom stereocenters. The number of rotatable bonds is 4. The fourth-order valence-electron chi connectivity index (χ4n) is 3.41. The van der Waals surface area contributed by atoms with Crippen molar-refractivity contribution in [2.75, 3.05) is 19.7 Å². The van der Waals surface area contributed by atoms with Crippen LogP contribution in [0.5, 0.6) is 5.75 Å². The van der Waals surface area contributed by atoms with E-state index in [4.69, 9.17) is 9.15 Å². The number of fused-ring (bicyclic) bond motifs is 1. The molecule has 1 aromatic carbocycles. The zero-order chi connectivity index (χ0) is 18.3. The zero-order valence-corrected chi connectivity index (χ0v) is 15.2. The van der Waals surface area contributed by atoms with Crippen molar-refractivity contribution in [1.29, 1.82) is 0 Å². The minimum absolute atomic E-state index is 0.00958. The molecule has 0 spiro atoms. The Bertz CT molecular complexity index is 944. The first-order chi connectivity index (χ1) is 12.5. The molecule has 0 aliphatic carbocycles. The van der Waals surface area contributed by atoms with E-state index in [9.17, 15) is 13.2 Å². The maximum absolute atomic E-state index is 12.7. The first-order valence-electron chi connectivity index (χ1n) is 8.60. The maximum Gasteiger partial charge on any atom is 0.287 e. The SMILES string of the molecule is Cc1oc(C(=O)N[C@H]2COc3ccccc32)cc1S(=O)(=O)N1CCCC1. The average molecular weight is 376 g/mol. The second-order valence-corrected chi connectivity index (χ2v) is 8.42. The van der Waals surface area contributed by atoms with Crippen LogP contribution in [0.4, 0.5) is 0 Å². The molecule has 2 aliphatic heterocycles. The van der Waals surface area contributed by atoms with Gasteiger partial charge < -0.3 is 14.5 Å². The van der Waals surface area contributed by atoms with Crippen LogP contribution in [0.2, 0.25) is 0 Å². The number of nitrogens with one attached hydrogen (secondary N) is 1. The molecule has 1 N–H and O–H groups in total. The van der Waals surface area contributed by atoms with Gasteiger partial charge in [-0.2, -0.15) is 4.31 Å². The van der Waals surface area contributed by atoms with E-state index in [1.165, 1.54) is 10.4 Å². The molecule has 3 heterocycles. The summed E-state index contributed by atoms with van der Waals surface area (Å²) >= 11 is 0. The first kappa shape index (κ1) is 17.1. The molecule has 26 heavy (non-hydrogen) atoms. The van der Waals surface area contributed by atoms with E-state index in [0.29, 0.717) is 19.7 Å². The number of hydrogen-bond acceptors (Lipinski definition) is 5. The molecule has 2 aliphatic rings. The van der Waals surface area contributed by atoms with E-state index in [1.807, 2.05) is 24.3 Å². The van der Waals surface area contributed by atoms with Crippen LogP contribution < -0.4 is 10.1 Å². The van der Waals surface area contributed by atoms with Gasteiger partial charge in [-0.3, -0.25) is 4.79 Å². The average Bonchev–Trinajstić information content (AvgIpc) is 3.35. The van der Waals surface area contributed by atoms with E-state index in [1.54, 1.807) is 6.92 Å². The maximum atomic E-state index is 12.7. The van der Waals surface area contributed by atoms with Gasteiger partial charge in [0.15, 0.2) is 5.76 Å². The fraction of sp³-hybridized carbons (Fsp3) is 0.389. The summed E-state index contributed by atoms with van der Waals surface area (Å²) in [5.41, 5.74) is 0.897. The Morgan fingerprint density at radius 1 is 1.23 bits per heavy atom. The van der Waals surface area contributed by atoms with Gasteiger partial charge in [0.05, 0.1) is 6.04 Å². The fourth-order valence-corrected chi connectivity index (χ4v) is 5.09. The van der Waals surface area contributed by atoms with Crippen LogP contribution in [-0.4, -0.2) is 38.3 Å². The van der Waals surface area contributed by atoms with Gasteiger partial charge in [0.2, 0.25) is 10.0 Å². The number of amides is 1. The summed E-state index contributed by atoms with van der Waals surface area (Å²) in [4.78, 5) is 12.6. The lowest BCUT2D eigenvalue weighted by molar-refractivity contribution is 0.0901. The smallest absolute Gasteiger partial charge is 0.287 e. The van der Waals surface area contributed by atoms with Crippen LogP contribution in [-0.2, 0) is 10.0 Å². The Morgan fingerprint density at radius 2 is 1.96 bits per heavy atom. The molecule has 7 nitrogen and oxygen atoms in total. The summed E-state index contributed by atoms with van der Waals surface area (Å²) in [5, 5.41) is 2.85. The Balaban J connectivity index is 1.55. The largest absolute Gasteiger partial charge is 0.491 e. The van der Waals surface area contributed by atoms with Crippen molar-refractivity contribution in [3.63, 3.8) is 0 Å². The summed E-state index contributed by atoms with van der Waals surface area (Å²) in [6, 6.07) is 8.52. The Labute approximate surface area is 152 Å². The highest BCUT2D eigenvalue weighted by Gasteiger charge is 2.33. The lowest BCUT2D eigenvalue weighted by Crippen LogP contribution is -2.29. The summed E-state index contributed by atoms with van der Waals surface area (Å²) in [6.45, 7) is 2.91. The van der Waals surface area contributed by atoms with Crippen molar-refractivity contribution in [1.82, 2.24) is 9.62 Å². The quantitative estimate of drug-likeness (QED) is 0.884. The lowest BCUT2D eigenvalue weighted by atomic mass is 10.1. The molecule has 138 valence electrons. The van der Waals surface area contributed by atoms with Crippen molar-refractivity contribution < 1.29 is 22.4 Å². The lowest BCUT2D eigenvalue weighted by Gasteiger charge is -2.14. The Kier molecular flexibility index (Phi) is 4.24. The van der Waals surface area contributed by atoms with Gasteiger partial charge in [-0.25, -0.2) is 8.42 Å². The molecule has 1 atom stereocenters. The van der Waals surface area contributed by atoms with Crippen LogP contribution in [0.25, 0.3) is 0 Å². The molecular weight excluding hydrogens is 356 g/mol. The molecule has 1 amide bonds. The van der Waals surface area contributed by atoms with Gasteiger partial charge >= 0.3 is 0 Å². The highest BCUT2D eigenvalue weighted by Crippen LogP contribution is 2.32. The van der Waals surface area contributed by atoms with Gasteiger partial charge in [-0.05, 0) is 25.8 Å². The number of sulfonamides is 1. The molecule has 0 radical (unpaired) electrons. The van der Waals surface area contributed by atoms with Gasteiger partial charge in [-0.15, -0.1) is 0 Å². The number of furan rings is 1. The van der Waals surface area contributed by atoms with Gasteiger partial charge in [0.1, 0.15) is 23.0 Å². The van der Waals surface area contributed by atoms with Gasteiger partial charge in [0.25, 0.3) is 5.91 Å². The van der Waals surface area contributed by atoms with Crippen LogP contribution in [0.1, 0.15) is 40.8 Å². The summed E-state index contributed by atoms with van der Waals surface area (Å²) in [6.07, 6.45) is 1.70. The third-order valence-corrected chi connectivity index (χ3v) is 6.79. The van der Waals surface area contributed by atoms with Crippen molar-refractivity contribution in [2.45, 2.75) is 30.7 Å². The van der Waals surface area contributed by atoms with Crippen molar-refractivity contribution in [2.24, 2.45) is 0 Å². The Morgan fingerprint density at radius 3 is 2.73 bits per heavy atom. The minimum Gasteiger partial charge on any atom is -0.491 e. The topological polar surface area (TPSA) is 88.8 Å². The molecule has 2 aromatic rings. The number of ether oxygens (including phenoxy) is 1. The molecule has 0 bridgehead atoms. The number of benzene rings is 1. The number of carbonyl (C=O) groups is 1. The van der Waals surface area contributed by atoms with Crippen molar-refractivity contribution in [3.05, 3.63) is 47.4 Å². The van der Waals surface area contributed by atoms with E-state index in [2.05, 4.69) is 5.32 Å². The molecule has 1 fully saturated rings. The van der Waals surface area contributed by atoms with Gasteiger partial charge in [0, 0.05) is 24.7 Å². The number of para-hydroxylation sites is 1. The summed E-state index contributed by atoms with van der Waals surface area (Å²) in [7, 11) is -3.62. The van der Waals surface area contributed by atoms with E-state index < -0.39 is 15.9 Å². The highest BCUT2D eigenvalue weighted by molar-refractivity contribution is 7.89. The minimum atomic E-state index is -3.62. The second kappa shape index (κ2) is 6.44. The van der Waals surface area contributed by atoms with E-state index >= 15 is 0 Å². The Hall–Kier alpha value is -2.32. The highest BCUT2D eigenvalue weighted by atomic mass is 32.2. The van der Waals surface area contributed by atoms with Crippen molar-refractivity contribution in [3.8, 4) is 5.75 Å². The van der Waals surface area contributed by atoms with E-state index in [-0.39, 0.29) is 22.5 Å². The summed E-state index contributed by atoms with van der Waals surface area (Å²) in [5.74, 6) is 0.502. The molecule has 0 saturated carbocycles.